The van der Waals surface area contributed by atoms with Crippen LogP contribution in [0.25, 0.3) is 0 Å². The van der Waals surface area contributed by atoms with E-state index in [1.165, 1.54) is 18.2 Å². The molecule has 0 saturated heterocycles. The van der Waals surface area contributed by atoms with Crippen LogP contribution in [0.2, 0.25) is 0 Å². The van der Waals surface area contributed by atoms with Crippen LogP contribution in [0.15, 0.2) is 29.2 Å². The van der Waals surface area contributed by atoms with Gasteiger partial charge in [-0.15, -0.1) is 0 Å². The van der Waals surface area contributed by atoms with E-state index in [1.54, 1.807) is 0 Å². The second kappa shape index (κ2) is 4.46. The standard InChI is InChI=1S/C11H15NO4S/c1-11(2,3)12-10(13)8-5-4-6-9(7-8)17(14,15)16/h4-7H,1-3H3,(H,12,13)(H,14,15,16). The first-order valence-corrected chi connectivity index (χ1v) is 6.44. The Bertz CT molecular complexity index is 529. The molecule has 6 heteroatoms. The number of benzene rings is 1. The van der Waals surface area contributed by atoms with Crippen molar-refractivity contribution in [2.45, 2.75) is 31.2 Å². The van der Waals surface area contributed by atoms with Crippen molar-refractivity contribution in [3.05, 3.63) is 29.8 Å². The molecule has 0 aliphatic heterocycles. The van der Waals surface area contributed by atoms with Gasteiger partial charge in [0.2, 0.25) is 0 Å². The summed E-state index contributed by atoms with van der Waals surface area (Å²) in [5.74, 6) is -0.386. The van der Waals surface area contributed by atoms with Gasteiger partial charge < -0.3 is 5.32 Å². The summed E-state index contributed by atoms with van der Waals surface area (Å²) in [6, 6.07) is 5.25. The molecule has 0 aliphatic carbocycles. The van der Waals surface area contributed by atoms with Gasteiger partial charge in [-0.05, 0) is 39.0 Å². The van der Waals surface area contributed by atoms with Gasteiger partial charge in [0.1, 0.15) is 0 Å². The number of hydrogen-bond donors (Lipinski definition) is 2. The Morgan fingerprint density at radius 3 is 2.35 bits per heavy atom. The zero-order valence-electron chi connectivity index (χ0n) is 9.89. The van der Waals surface area contributed by atoms with E-state index in [-0.39, 0.29) is 16.4 Å². The summed E-state index contributed by atoms with van der Waals surface area (Å²) >= 11 is 0. The van der Waals surface area contributed by atoms with E-state index in [9.17, 15) is 13.2 Å². The lowest BCUT2D eigenvalue weighted by Crippen LogP contribution is -2.40. The summed E-state index contributed by atoms with van der Waals surface area (Å²) in [4.78, 5) is 11.5. The first-order valence-electron chi connectivity index (χ1n) is 5.00. The highest BCUT2D eigenvalue weighted by Gasteiger charge is 2.17. The minimum absolute atomic E-state index is 0.190. The van der Waals surface area contributed by atoms with Gasteiger partial charge in [0.05, 0.1) is 4.90 Å². The van der Waals surface area contributed by atoms with Crippen LogP contribution in [0.3, 0.4) is 0 Å². The largest absolute Gasteiger partial charge is 0.347 e. The first-order chi connectivity index (χ1) is 7.59. The van der Waals surface area contributed by atoms with Crippen molar-refractivity contribution < 1.29 is 17.8 Å². The SMILES string of the molecule is CC(C)(C)NC(=O)c1cccc(S(=O)(=O)O)c1. The fourth-order valence-corrected chi connectivity index (χ4v) is 1.74. The molecule has 0 atom stereocenters. The van der Waals surface area contributed by atoms with Crippen molar-refractivity contribution in [3.8, 4) is 0 Å². The Labute approximate surface area is 101 Å². The van der Waals surface area contributed by atoms with Gasteiger partial charge in [-0.25, -0.2) is 0 Å². The van der Waals surface area contributed by atoms with Crippen LogP contribution in [-0.4, -0.2) is 24.4 Å². The molecule has 1 aromatic carbocycles. The lowest BCUT2D eigenvalue weighted by Gasteiger charge is -2.20. The molecule has 2 N–H and O–H groups in total. The maximum absolute atomic E-state index is 11.8. The van der Waals surface area contributed by atoms with E-state index >= 15 is 0 Å². The molecule has 0 aliphatic rings. The summed E-state index contributed by atoms with van der Waals surface area (Å²) < 4.78 is 30.7. The summed E-state index contributed by atoms with van der Waals surface area (Å²) in [5, 5.41) is 2.70. The van der Waals surface area contributed by atoms with Gasteiger partial charge in [-0.3, -0.25) is 9.35 Å². The molecule has 1 rings (SSSR count). The van der Waals surface area contributed by atoms with E-state index in [0.29, 0.717) is 0 Å². The molecule has 0 bridgehead atoms. The van der Waals surface area contributed by atoms with E-state index in [1.807, 2.05) is 20.8 Å². The molecule has 0 spiro atoms. The smallest absolute Gasteiger partial charge is 0.294 e. The maximum atomic E-state index is 11.8. The fourth-order valence-electron chi connectivity index (χ4n) is 1.21. The number of nitrogens with one attached hydrogen (secondary N) is 1. The molecule has 1 amide bonds. The Hall–Kier alpha value is -1.40. The average Bonchev–Trinajstić information content (AvgIpc) is 2.14. The predicted octanol–water partition coefficient (Wildman–Crippen LogP) is 1.46. The first kappa shape index (κ1) is 13.7. The van der Waals surface area contributed by atoms with E-state index in [2.05, 4.69) is 5.32 Å². The average molecular weight is 257 g/mol. The fraction of sp³-hybridized carbons (Fsp3) is 0.364. The maximum Gasteiger partial charge on any atom is 0.294 e. The van der Waals surface area contributed by atoms with Gasteiger partial charge in [0, 0.05) is 11.1 Å². The normalized spacial score (nSPS) is 12.2. The van der Waals surface area contributed by atoms with Crippen molar-refractivity contribution in [1.82, 2.24) is 5.32 Å². The Kier molecular flexibility index (Phi) is 3.59. The van der Waals surface area contributed by atoms with Crippen LogP contribution in [0.1, 0.15) is 31.1 Å². The minimum atomic E-state index is -4.28. The third-order valence-corrected chi connectivity index (χ3v) is 2.73. The number of carbonyl (C=O) groups excluding carboxylic acids is 1. The van der Waals surface area contributed by atoms with Gasteiger partial charge >= 0.3 is 0 Å². The predicted molar refractivity (Wildman–Crippen MR) is 63.5 cm³/mol. The number of carbonyl (C=O) groups is 1. The monoisotopic (exact) mass is 257 g/mol. The molecule has 0 aromatic heterocycles. The van der Waals surface area contributed by atoms with Gasteiger partial charge in [-0.1, -0.05) is 6.07 Å². The van der Waals surface area contributed by atoms with Crippen molar-refractivity contribution in [2.24, 2.45) is 0 Å². The molecule has 94 valence electrons. The third-order valence-electron chi connectivity index (χ3n) is 1.88. The topological polar surface area (TPSA) is 83.5 Å². The summed E-state index contributed by atoms with van der Waals surface area (Å²) in [6.07, 6.45) is 0. The summed E-state index contributed by atoms with van der Waals surface area (Å²) in [6.45, 7) is 5.45. The molecular formula is C11H15NO4S. The van der Waals surface area contributed by atoms with Gasteiger partial charge in [-0.2, -0.15) is 8.42 Å². The van der Waals surface area contributed by atoms with Crippen molar-refractivity contribution in [1.29, 1.82) is 0 Å². The highest BCUT2D eigenvalue weighted by molar-refractivity contribution is 7.85. The number of rotatable bonds is 2. The van der Waals surface area contributed by atoms with E-state index in [0.717, 1.165) is 6.07 Å². The summed E-state index contributed by atoms with van der Waals surface area (Å²) in [7, 11) is -4.28. The molecule has 0 radical (unpaired) electrons. The molecule has 5 nitrogen and oxygen atoms in total. The van der Waals surface area contributed by atoms with Crippen LogP contribution in [0, 0.1) is 0 Å². The van der Waals surface area contributed by atoms with Crippen LogP contribution in [0.4, 0.5) is 0 Å². The van der Waals surface area contributed by atoms with Gasteiger partial charge in [0.15, 0.2) is 0 Å². The van der Waals surface area contributed by atoms with Crippen LogP contribution in [-0.2, 0) is 10.1 Å². The molecule has 0 unspecified atom stereocenters. The molecule has 17 heavy (non-hydrogen) atoms. The van der Waals surface area contributed by atoms with E-state index < -0.39 is 15.7 Å². The Morgan fingerprint density at radius 1 is 1.29 bits per heavy atom. The third kappa shape index (κ3) is 4.16. The van der Waals surface area contributed by atoms with E-state index in [4.69, 9.17) is 4.55 Å². The quantitative estimate of drug-likeness (QED) is 0.786. The second-order valence-electron chi connectivity index (χ2n) is 4.71. The minimum Gasteiger partial charge on any atom is -0.347 e. The molecule has 0 fully saturated rings. The van der Waals surface area contributed by atoms with Crippen molar-refractivity contribution in [3.63, 3.8) is 0 Å². The van der Waals surface area contributed by atoms with Crippen LogP contribution >= 0.6 is 0 Å². The second-order valence-corrected chi connectivity index (χ2v) is 6.13. The highest BCUT2D eigenvalue weighted by atomic mass is 32.2. The Morgan fingerprint density at radius 2 is 1.88 bits per heavy atom. The Balaban J connectivity index is 3.05. The number of amides is 1. The molecule has 1 aromatic rings. The lowest BCUT2D eigenvalue weighted by atomic mass is 10.1. The highest BCUT2D eigenvalue weighted by Crippen LogP contribution is 2.12. The number of hydrogen-bond acceptors (Lipinski definition) is 3. The molecule has 0 saturated carbocycles. The van der Waals surface area contributed by atoms with Crippen LogP contribution < -0.4 is 5.32 Å². The van der Waals surface area contributed by atoms with Gasteiger partial charge in [0.25, 0.3) is 16.0 Å². The zero-order valence-corrected chi connectivity index (χ0v) is 10.7. The van der Waals surface area contributed by atoms with Crippen molar-refractivity contribution in [2.75, 3.05) is 0 Å². The van der Waals surface area contributed by atoms with Crippen molar-refractivity contribution >= 4 is 16.0 Å². The summed E-state index contributed by atoms with van der Waals surface area (Å²) in [5.41, 5.74) is -0.222. The lowest BCUT2D eigenvalue weighted by molar-refractivity contribution is 0.0919. The molecule has 0 heterocycles. The zero-order chi connectivity index (χ0) is 13.3. The van der Waals surface area contributed by atoms with Crippen LogP contribution in [0.5, 0.6) is 0 Å². The molecular weight excluding hydrogens is 242 g/mol.